The quantitative estimate of drug-likeness (QED) is 0.685. The Balaban J connectivity index is 1.93. The fraction of sp³-hybridized carbons (Fsp3) is 0.318. The van der Waals surface area contributed by atoms with Crippen LogP contribution >= 0.6 is 0 Å². The van der Waals surface area contributed by atoms with Crippen molar-refractivity contribution >= 4 is 10.9 Å². The molecule has 1 unspecified atom stereocenters. The second kappa shape index (κ2) is 8.19. The first-order valence-corrected chi connectivity index (χ1v) is 9.28. The molecule has 0 fully saturated rings. The molecular formula is C22H27N2O2+. The van der Waals surface area contributed by atoms with Gasteiger partial charge in [0.1, 0.15) is 18.0 Å². The normalized spacial score (nSPS) is 12.3. The fourth-order valence-corrected chi connectivity index (χ4v) is 3.20. The van der Waals surface area contributed by atoms with E-state index in [2.05, 4.69) is 19.0 Å². The lowest BCUT2D eigenvalue weighted by atomic mass is 10.1. The molecule has 1 heterocycles. The van der Waals surface area contributed by atoms with Crippen molar-refractivity contribution in [1.29, 1.82) is 0 Å². The number of para-hydroxylation sites is 1. The molecule has 0 saturated carbocycles. The minimum Gasteiger partial charge on any atom is -0.457 e. The first kappa shape index (κ1) is 18.2. The van der Waals surface area contributed by atoms with Crippen LogP contribution in [0.15, 0.2) is 53.3 Å². The van der Waals surface area contributed by atoms with Crippen LogP contribution in [0.3, 0.4) is 0 Å². The van der Waals surface area contributed by atoms with E-state index in [0.29, 0.717) is 11.1 Å². The molecule has 3 aromatic rings. The average Bonchev–Trinajstić information content (AvgIpc) is 2.65. The lowest BCUT2D eigenvalue weighted by molar-refractivity contribution is -0.894. The number of quaternary nitrogens is 1. The molecule has 3 rings (SSSR count). The van der Waals surface area contributed by atoms with Gasteiger partial charge >= 0.3 is 0 Å². The molecule has 0 aliphatic heterocycles. The van der Waals surface area contributed by atoms with Gasteiger partial charge in [-0.1, -0.05) is 31.5 Å². The number of fused-ring (bicyclic) bond motifs is 1. The van der Waals surface area contributed by atoms with Crippen LogP contribution < -0.4 is 15.1 Å². The van der Waals surface area contributed by atoms with Crippen LogP contribution in [-0.2, 0) is 6.54 Å². The van der Waals surface area contributed by atoms with Crippen LogP contribution in [0, 0.1) is 6.92 Å². The van der Waals surface area contributed by atoms with Crippen LogP contribution in [0.4, 0.5) is 0 Å². The predicted octanol–water partition coefficient (Wildman–Crippen LogP) is 3.44. The fourth-order valence-electron chi connectivity index (χ4n) is 3.20. The summed E-state index contributed by atoms with van der Waals surface area (Å²) in [5.41, 5.74) is 2.77. The van der Waals surface area contributed by atoms with E-state index in [1.807, 2.05) is 55.5 Å². The zero-order valence-corrected chi connectivity index (χ0v) is 15.8. The van der Waals surface area contributed by atoms with Gasteiger partial charge in [0.05, 0.1) is 19.2 Å². The van der Waals surface area contributed by atoms with Crippen LogP contribution in [-0.4, -0.2) is 18.6 Å². The molecule has 4 nitrogen and oxygen atoms in total. The van der Waals surface area contributed by atoms with Gasteiger partial charge in [0.25, 0.3) is 0 Å². The SMILES string of the molecule is CCCC[NH+](C)Cc1c(C)[nH]c2ccc(Oc3ccccc3)cc2c1=O. The van der Waals surface area contributed by atoms with E-state index >= 15 is 0 Å². The Hall–Kier alpha value is -2.59. The van der Waals surface area contributed by atoms with Gasteiger partial charge in [-0.25, -0.2) is 0 Å². The monoisotopic (exact) mass is 351 g/mol. The highest BCUT2D eigenvalue weighted by Gasteiger charge is 2.14. The summed E-state index contributed by atoms with van der Waals surface area (Å²) in [6.07, 6.45) is 2.34. The van der Waals surface area contributed by atoms with E-state index in [1.165, 1.54) is 17.7 Å². The highest BCUT2D eigenvalue weighted by Crippen LogP contribution is 2.24. The van der Waals surface area contributed by atoms with Crippen molar-refractivity contribution in [3.05, 3.63) is 70.0 Å². The summed E-state index contributed by atoms with van der Waals surface area (Å²) < 4.78 is 5.89. The molecule has 0 saturated heterocycles. The minimum absolute atomic E-state index is 0.102. The van der Waals surface area contributed by atoms with Crippen LogP contribution in [0.2, 0.25) is 0 Å². The maximum Gasteiger partial charge on any atom is 0.198 e. The maximum absolute atomic E-state index is 13.1. The number of pyridine rings is 1. The molecule has 4 heteroatoms. The molecule has 0 spiro atoms. The third kappa shape index (κ3) is 4.14. The first-order chi connectivity index (χ1) is 12.6. The van der Waals surface area contributed by atoms with Crippen LogP contribution in [0.5, 0.6) is 11.5 Å². The number of aromatic nitrogens is 1. The van der Waals surface area contributed by atoms with E-state index < -0.39 is 0 Å². The van der Waals surface area contributed by atoms with Gasteiger partial charge in [0, 0.05) is 16.6 Å². The van der Waals surface area contributed by atoms with Crippen molar-refractivity contribution in [1.82, 2.24) is 4.98 Å². The third-order valence-electron chi connectivity index (χ3n) is 4.70. The highest BCUT2D eigenvalue weighted by molar-refractivity contribution is 5.81. The number of H-pyrrole nitrogens is 1. The summed E-state index contributed by atoms with van der Waals surface area (Å²) >= 11 is 0. The summed E-state index contributed by atoms with van der Waals surface area (Å²) in [6.45, 7) is 5.98. The number of hydrogen-bond acceptors (Lipinski definition) is 2. The van der Waals surface area contributed by atoms with E-state index in [9.17, 15) is 4.79 Å². The summed E-state index contributed by atoms with van der Waals surface area (Å²) in [7, 11) is 2.15. The number of ether oxygens (including phenoxy) is 1. The molecule has 2 aromatic carbocycles. The first-order valence-electron chi connectivity index (χ1n) is 9.28. The maximum atomic E-state index is 13.1. The Labute approximate surface area is 154 Å². The van der Waals surface area contributed by atoms with Gasteiger partial charge in [-0.3, -0.25) is 4.79 Å². The summed E-state index contributed by atoms with van der Waals surface area (Å²) in [5.74, 6) is 1.44. The standard InChI is InChI=1S/C22H26N2O2/c1-4-5-13-24(3)15-20-16(2)23-21-12-11-18(14-19(21)22(20)25)26-17-9-7-6-8-10-17/h6-12,14H,4-5,13,15H2,1-3H3,(H,23,25)/p+1. The number of nitrogens with one attached hydrogen (secondary N) is 2. The number of benzene rings is 2. The van der Waals surface area contributed by atoms with Gasteiger partial charge in [-0.05, 0) is 43.7 Å². The van der Waals surface area contributed by atoms with Gasteiger partial charge in [0.2, 0.25) is 0 Å². The smallest absolute Gasteiger partial charge is 0.198 e. The molecule has 0 radical (unpaired) electrons. The van der Waals surface area contributed by atoms with Gasteiger partial charge < -0.3 is 14.6 Å². The number of hydrogen-bond donors (Lipinski definition) is 2. The second-order valence-electron chi connectivity index (χ2n) is 6.92. The lowest BCUT2D eigenvalue weighted by Crippen LogP contribution is -3.07. The van der Waals surface area contributed by atoms with Crippen molar-refractivity contribution in [3.8, 4) is 11.5 Å². The van der Waals surface area contributed by atoms with Crippen LogP contribution in [0.1, 0.15) is 31.0 Å². The van der Waals surface area contributed by atoms with Gasteiger partial charge in [-0.15, -0.1) is 0 Å². The molecule has 1 aromatic heterocycles. The summed E-state index contributed by atoms with van der Waals surface area (Å²) in [5, 5.41) is 0.683. The molecule has 0 amide bonds. The molecule has 2 N–H and O–H groups in total. The summed E-state index contributed by atoms with van der Waals surface area (Å²) in [6, 6.07) is 15.3. The van der Waals surface area contributed by atoms with Crippen molar-refractivity contribution in [3.63, 3.8) is 0 Å². The number of unbranched alkanes of at least 4 members (excludes halogenated alkanes) is 1. The molecule has 1 atom stereocenters. The Morgan fingerprint density at radius 1 is 1.08 bits per heavy atom. The average molecular weight is 351 g/mol. The molecule has 26 heavy (non-hydrogen) atoms. The molecular weight excluding hydrogens is 324 g/mol. The Kier molecular flexibility index (Phi) is 5.74. The van der Waals surface area contributed by atoms with Crippen LogP contribution in [0.25, 0.3) is 10.9 Å². The Morgan fingerprint density at radius 3 is 2.58 bits per heavy atom. The molecule has 0 aliphatic carbocycles. The summed E-state index contributed by atoms with van der Waals surface area (Å²) in [4.78, 5) is 17.8. The van der Waals surface area contributed by atoms with E-state index in [4.69, 9.17) is 4.74 Å². The predicted molar refractivity (Wildman–Crippen MR) is 106 cm³/mol. The lowest BCUT2D eigenvalue weighted by Gasteiger charge is -2.15. The van der Waals surface area contributed by atoms with Gasteiger partial charge in [-0.2, -0.15) is 0 Å². The molecule has 0 aliphatic rings. The van der Waals surface area contributed by atoms with E-state index in [1.54, 1.807) is 0 Å². The number of rotatable bonds is 7. The van der Waals surface area contributed by atoms with Crippen molar-refractivity contribution < 1.29 is 9.64 Å². The van der Waals surface area contributed by atoms with E-state index in [-0.39, 0.29) is 5.43 Å². The van der Waals surface area contributed by atoms with Crippen molar-refractivity contribution in [2.75, 3.05) is 13.6 Å². The minimum atomic E-state index is 0.102. The van der Waals surface area contributed by atoms with Gasteiger partial charge in [0.15, 0.2) is 5.43 Å². The zero-order chi connectivity index (χ0) is 18.5. The third-order valence-corrected chi connectivity index (χ3v) is 4.70. The van der Waals surface area contributed by atoms with Crippen molar-refractivity contribution in [2.24, 2.45) is 0 Å². The zero-order valence-electron chi connectivity index (χ0n) is 15.8. The Bertz CT molecular complexity index is 932. The topological polar surface area (TPSA) is 46.5 Å². The van der Waals surface area contributed by atoms with Crippen molar-refractivity contribution in [2.45, 2.75) is 33.2 Å². The second-order valence-corrected chi connectivity index (χ2v) is 6.92. The van der Waals surface area contributed by atoms with E-state index in [0.717, 1.165) is 35.6 Å². The Morgan fingerprint density at radius 2 is 1.85 bits per heavy atom. The highest BCUT2D eigenvalue weighted by atomic mass is 16.5. The molecule has 0 bridgehead atoms. The largest absolute Gasteiger partial charge is 0.457 e. The number of aryl methyl sites for hydroxylation is 1. The number of aromatic amines is 1. The molecule has 136 valence electrons.